The predicted octanol–water partition coefficient (Wildman–Crippen LogP) is 4.85. The lowest BCUT2D eigenvalue weighted by Gasteiger charge is -2.50. The van der Waals surface area contributed by atoms with Crippen molar-refractivity contribution in [1.29, 1.82) is 0 Å². The number of furan rings is 1. The summed E-state index contributed by atoms with van der Waals surface area (Å²) in [6.45, 7) is 14.7. The number of fused-ring (bicyclic) bond motifs is 1. The Bertz CT molecular complexity index is 909. The molecule has 1 aromatic heterocycles. The summed E-state index contributed by atoms with van der Waals surface area (Å²) in [5, 5.41) is 4.36. The molecule has 1 saturated heterocycles. The summed E-state index contributed by atoms with van der Waals surface area (Å²) < 4.78 is 6.04. The number of aryl methyl sites for hydroxylation is 3. The summed E-state index contributed by atoms with van der Waals surface area (Å²) in [5.74, 6) is 0.401. The minimum absolute atomic E-state index is 0. The Labute approximate surface area is 192 Å². The van der Waals surface area contributed by atoms with Crippen molar-refractivity contribution in [3.8, 4) is 0 Å². The average Bonchev–Trinajstić information content (AvgIpc) is 3.09. The van der Waals surface area contributed by atoms with Gasteiger partial charge in [0.1, 0.15) is 5.58 Å². The lowest BCUT2D eigenvalue weighted by Crippen LogP contribution is -2.61. The Morgan fingerprint density at radius 2 is 1.74 bits per heavy atom. The summed E-state index contributed by atoms with van der Waals surface area (Å²) >= 11 is 0. The molecule has 1 aliphatic heterocycles. The zero-order valence-electron chi connectivity index (χ0n) is 19.6. The summed E-state index contributed by atoms with van der Waals surface area (Å²) in [6, 6.07) is 4.18. The van der Waals surface area contributed by atoms with Gasteiger partial charge in [0.2, 0.25) is 0 Å². The Kier molecular flexibility index (Phi) is 7.72. The van der Waals surface area contributed by atoms with Gasteiger partial charge in [-0.25, -0.2) is 0 Å². The highest BCUT2D eigenvalue weighted by Crippen LogP contribution is 2.34. The molecule has 5 nitrogen and oxygen atoms in total. The van der Waals surface area contributed by atoms with Gasteiger partial charge in [0, 0.05) is 49.2 Å². The van der Waals surface area contributed by atoms with Crippen LogP contribution in [0.25, 0.3) is 11.0 Å². The SMILES string of the molecule is CCN1CCN(C2(CNC(=O)c3oc4cc(C)cc(C)c4c3C)CCCCC2)CC1.Cl. The van der Waals surface area contributed by atoms with Crippen LogP contribution in [-0.4, -0.2) is 60.5 Å². The van der Waals surface area contributed by atoms with Gasteiger partial charge in [-0.15, -0.1) is 12.4 Å². The Morgan fingerprint density at radius 1 is 1.06 bits per heavy atom. The van der Waals surface area contributed by atoms with E-state index in [1.165, 1.54) is 37.7 Å². The molecule has 2 aromatic rings. The summed E-state index contributed by atoms with van der Waals surface area (Å²) in [6.07, 6.45) is 6.18. The molecule has 1 N–H and O–H groups in total. The van der Waals surface area contributed by atoms with Crippen LogP contribution < -0.4 is 5.32 Å². The molecular weight excluding hydrogens is 410 g/mol. The number of halogens is 1. The zero-order chi connectivity index (χ0) is 21.3. The van der Waals surface area contributed by atoms with E-state index in [2.05, 4.69) is 42.0 Å². The molecule has 1 aliphatic carbocycles. The highest BCUT2D eigenvalue weighted by Gasteiger charge is 2.39. The molecule has 31 heavy (non-hydrogen) atoms. The van der Waals surface area contributed by atoms with Gasteiger partial charge in [-0.2, -0.15) is 0 Å². The van der Waals surface area contributed by atoms with Crippen LogP contribution in [0.15, 0.2) is 16.5 Å². The van der Waals surface area contributed by atoms with E-state index in [0.29, 0.717) is 12.3 Å². The van der Waals surface area contributed by atoms with Gasteiger partial charge in [0.25, 0.3) is 5.91 Å². The van der Waals surface area contributed by atoms with Gasteiger partial charge in [-0.3, -0.25) is 9.69 Å². The van der Waals surface area contributed by atoms with E-state index in [9.17, 15) is 4.79 Å². The van der Waals surface area contributed by atoms with Gasteiger partial charge >= 0.3 is 0 Å². The fraction of sp³-hybridized carbons (Fsp3) is 0.640. The maximum atomic E-state index is 13.2. The normalized spacial score (nSPS) is 19.9. The molecule has 6 heteroatoms. The van der Waals surface area contributed by atoms with Gasteiger partial charge in [0.05, 0.1) is 0 Å². The summed E-state index contributed by atoms with van der Waals surface area (Å²) in [5.41, 5.74) is 4.20. The number of benzene rings is 1. The zero-order valence-corrected chi connectivity index (χ0v) is 20.4. The van der Waals surface area contributed by atoms with Crippen molar-refractivity contribution in [1.82, 2.24) is 15.1 Å². The third kappa shape index (κ3) is 4.79. The van der Waals surface area contributed by atoms with Crippen LogP contribution in [0.4, 0.5) is 0 Å². The second kappa shape index (κ2) is 9.93. The molecule has 0 atom stereocenters. The lowest BCUT2D eigenvalue weighted by molar-refractivity contribution is 0.00907. The third-order valence-corrected chi connectivity index (χ3v) is 7.43. The molecular formula is C25H38ClN3O2. The molecule has 172 valence electrons. The molecule has 0 radical (unpaired) electrons. The topological polar surface area (TPSA) is 48.7 Å². The van der Waals surface area contributed by atoms with Crippen LogP contribution in [0.3, 0.4) is 0 Å². The number of amides is 1. The van der Waals surface area contributed by atoms with E-state index in [1.807, 2.05) is 13.0 Å². The number of nitrogens with zero attached hydrogens (tertiary/aromatic N) is 2. The fourth-order valence-corrected chi connectivity index (χ4v) is 5.68. The van der Waals surface area contributed by atoms with E-state index in [1.54, 1.807) is 0 Å². The number of piperazine rings is 1. The number of carbonyl (C=O) groups is 1. The third-order valence-electron chi connectivity index (χ3n) is 7.43. The first-order valence-electron chi connectivity index (χ1n) is 11.7. The smallest absolute Gasteiger partial charge is 0.287 e. The predicted molar refractivity (Wildman–Crippen MR) is 130 cm³/mol. The standard InChI is InChI=1S/C25H37N3O2.ClH/c1-5-27-11-13-28(14-12-27)25(9-7-6-8-10-25)17-26-24(29)23-20(4)22-19(3)15-18(2)16-21(22)30-23;/h15-16H,5-14,17H2,1-4H3,(H,26,29);1H. The molecule has 0 bridgehead atoms. The monoisotopic (exact) mass is 447 g/mol. The van der Waals surface area contributed by atoms with Gasteiger partial charge < -0.3 is 14.6 Å². The highest BCUT2D eigenvalue weighted by atomic mass is 35.5. The van der Waals surface area contributed by atoms with Crippen molar-refractivity contribution >= 4 is 29.3 Å². The second-order valence-corrected chi connectivity index (χ2v) is 9.40. The van der Waals surface area contributed by atoms with Gasteiger partial charge in [0.15, 0.2) is 5.76 Å². The Balaban J connectivity index is 0.00000272. The molecule has 2 aliphatic rings. The second-order valence-electron chi connectivity index (χ2n) is 9.40. The lowest BCUT2D eigenvalue weighted by atomic mass is 9.79. The number of nitrogens with one attached hydrogen (secondary N) is 1. The molecule has 1 aromatic carbocycles. The Hall–Kier alpha value is -1.56. The van der Waals surface area contributed by atoms with Crippen LogP contribution >= 0.6 is 12.4 Å². The first kappa shape index (κ1) is 24.1. The van der Waals surface area contributed by atoms with E-state index in [-0.39, 0.29) is 23.9 Å². The van der Waals surface area contributed by atoms with Crippen LogP contribution in [0, 0.1) is 20.8 Å². The minimum Gasteiger partial charge on any atom is -0.451 e. The van der Waals surface area contributed by atoms with Crippen LogP contribution in [0.2, 0.25) is 0 Å². The van der Waals surface area contributed by atoms with Crippen molar-refractivity contribution in [2.24, 2.45) is 0 Å². The van der Waals surface area contributed by atoms with Crippen molar-refractivity contribution in [2.45, 2.75) is 65.3 Å². The van der Waals surface area contributed by atoms with Crippen molar-refractivity contribution < 1.29 is 9.21 Å². The molecule has 1 saturated carbocycles. The first-order valence-corrected chi connectivity index (χ1v) is 11.7. The largest absolute Gasteiger partial charge is 0.451 e. The maximum absolute atomic E-state index is 13.2. The van der Waals surface area contributed by atoms with E-state index in [4.69, 9.17) is 4.42 Å². The van der Waals surface area contributed by atoms with Crippen LogP contribution in [0.5, 0.6) is 0 Å². The van der Waals surface area contributed by atoms with Crippen LogP contribution in [-0.2, 0) is 0 Å². The fourth-order valence-electron chi connectivity index (χ4n) is 5.68. The minimum atomic E-state index is -0.0714. The van der Waals surface area contributed by atoms with Crippen molar-refractivity contribution in [2.75, 3.05) is 39.3 Å². The van der Waals surface area contributed by atoms with Crippen molar-refractivity contribution in [3.05, 3.63) is 34.6 Å². The average molecular weight is 448 g/mol. The number of likely N-dealkylation sites (N-methyl/N-ethyl adjacent to an activating group) is 1. The van der Waals surface area contributed by atoms with Gasteiger partial charge in [-0.1, -0.05) is 32.3 Å². The number of carbonyl (C=O) groups excluding carboxylic acids is 1. The molecule has 2 fully saturated rings. The summed E-state index contributed by atoms with van der Waals surface area (Å²) in [4.78, 5) is 18.4. The summed E-state index contributed by atoms with van der Waals surface area (Å²) in [7, 11) is 0. The first-order chi connectivity index (χ1) is 14.4. The molecule has 4 rings (SSSR count). The number of rotatable bonds is 5. The quantitative estimate of drug-likeness (QED) is 0.711. The molecule has 0 unspecified atom stereocenters. The van der Waals surface area contributed by atoms with Gasteiger partial charge in [-0.05, 0) is 57.4 Å². The number of hydrogen-bond acceptors (Lipinski definition) is 4. The van der Waals surface area contributed by atoms with E-state index < -0.39 is 0 Å². The maximum Gasteiger partial charge on any atom is 0.287 e. The molecule has 1 amide bonds. The Morgan fingerprint density at radius 3 is 2.39 bits per heavy atom. The van der Waals surface area contributed by atoms with Crippen LogP contribution in [0.1, 0.15) is 66.3 Å². The molecule has 2 heterocycles. The number of hydrogen-bond donors (Lipinski definition) is 1. The van der Waals surface area contributed by atoms with E-state index in [0.717, 1.165) is 54.8 Å². The molecule has 0 spiro atoms. The highest BCUT2D eigenvalue weighted by molar-refractivity contribution is 6.00. The van der Waals surface area contributed by atoms with Crippen molar-refractivity contribution in [3.63, 3.8) is 0 Å². The van der Waals surface area contributed by atoms with E-state index >= 15 is 0 Å².